The van der Waals surface area contributed by atoms with Gasteiger partial charge in [-0.05, 0) is 36.5 Å². The molecule has 94 valence electrons. The Morgan fingerprint density at radius 2 is 2.00 bits per heavy atom. The third-order valence-corrected chi connectivity index (χ3v) is 5.48. The summed E-state index contributed by atoms with van der Waals surface area (Å²) in [6.45, 7) is 0. The summed E-state index contributed by atoms with van der Waals surface area (Å²) in [4.78, 5) is 0.701. The van der Waals surface area contributed by atoms with E-state index in [0.29, 0.717) is 10.3 Å². The van der Waals surface area contributed by atoms with Crippen LogP contribution in [0.2, 0.25) is 0 Å². The van der Waals surface area contributed by atoms with Gasteiger partial charge in [-0.25, -0.2) is 0 Å². The molecule has 0 saturated heterocycles. The van der Waals surface area contributed by atoms with E-state index in [1.54, 1.807) is 6.07 Å². The minimum atomic E-state index is -4.25. The highest BCUT2D eigenvalue weighted by Gasteiger charge is 2.41. The van der Waals surface area contributed by atoms with Gasteiger partial charge in [0.1, 0.15) is 0 Å². The van der Waals surface area contributed by atoms with E-state index in [2.05, 4.69) is 15.9 Å². The summed E-state index contributed by atoms with van der Waals surface area (Å²) in [5.74, 6) is 0.888. The van der Waals surface area contributed by atoms with Gasteiger partial charge < -0.3 is 0 Å². The first-order chi connectivity index (χ1) is 7.95. The average Bonchev–Trinajstić information content (AvgIpc) is 3.06. The van der Waals surface area contributed by atoms with Gasteiger partial charge in [0.05, 0.1) is 5.56 Å². The molecule has 1 aromatic carbocycles. The summed E-state index contributed by atoms with van der Waals surface area (Å²) in [6, 6.07) is 5.56. The van der Waals surface area contributed by atoms with Crippen LogP contribution in [0, 0.1) is 5.41 Å². The molecule has 0 bridgehead atoms. The number of alkyl halides is 4. The fraction of sp³-hybridized carbons (Fsp3) is 0.500. The molecule has 0 N–H and O–H groups in total. The molecule has 1 fully saturated rings. The first kappa shape index (κ1) is 13.3. The molecular weight excluding hydrogens is 313 g/mol. The second kappa shape index (κ2) is 4.84. The van der Waals surface area contributed by atoms with Crippen LogP contribution in [0.4, 0.5) is 13.2 Å². The molecule has 1 saturated carbocycles. The molecule has 1 aromatic rings. The normalized spacial score (nSPS) is 18.1. The monoisotopic (exact) mass is 324 g/mol. The summed E-state index contributed by atoms with van der Waals surface area (Å²) in [5, 5.41) is 0.936. The predicted molar refractivity (Wildman–Crippen MR) is 67.6 cm³/mol. The molecular formula is C12H12BrF3S. The number of benzene rings is 1. The predicted octanol–water partition coefficient (Wildman–Crippen LogP) is 4.97. The second-order valence-corrected chi connectivity index (χ2v) is 6.06. The molecule has 0 unspecified atom stereocenters. The van der Waals surface area contributed by atoms with Crippen molar-refractivity contribution in [3.8, 4) is 0 Å². The third kappa shape index (κ3) is 3.41. The summed E-state index contributed by atoms with van der Waals surface area (Å²) in [6.07, 6.45) is -1.91. The first-order valence-corrected chi connectivity index (χ1v) is 7.42. The van der Waals surface area contributed by atoms with Gasteiger partial charge in [-0.15, -0.1) is 11.8 Å². The maximum atomic E-state index is 12.5. The van der Waals surface area contributed by atoms with Crippen molar-refractivity contribution in [1.82, 2.24) is 0 Å². The first-order valence-electron chi connectivity index (χ1n) is 5.31. The molecule has 0 amide bonds. The van der Waals surface area contributed by atoms with Crippen LogP contribution in [0.15, 0.2) is 29.2 Å². The standard InChI is InChI=1S/C12H12BrF3S/c13-7-11(4-5-11)8-17-10-3-1-2-9(6-10)12(14,15)16/h1-3,6H,4-5,7-8H2. The lowest BCUT2D eigenvalue weighted by Gasteiger charge is -2.12. The molecule has 0 aromatic heterocycles. The Hall–Kier alpha value is -0.160. The highest BCUT2D eigenvalue weighted by atomic mass is 79.9. The summed E-state index contributed by atoms with van der Waals surface area (Å²) in [7, 11) is 0. The maximum absolute atomic E-state index is 12.5. The number of rotatable bonds is 4. The van der Waals surface area contributed by atoms with E-state index in [1.807, 2.05) is 0 Å². The van der Waals surface area contributed by atoms with Gasteiger partial charge in [-0.1, -0.05) is 22.0 Å². The van der Waals surface area contributed by atoms with Crippen LogP contribution in [0.1, 0.15) is 18.4 Å². The van der Waals surface area contributed by atoms with E-state index in [1.165, 1.54) is 36.7 Å². The molecule has 0 heterocycles. The SMILES string of the molecule is FC(F)(F)c1cccc(SCC2(CBr)CC2)c1. The van der Waals surface area contributed by atoms with E-state index in [0.717, 1.165) is 17.1 Å². The average molecular weight is 325 g/mol. The molecule has 0 atom stereocenters. The van der Waals surface area contributed by atoms with Crippen LogP contribution in [0.5, 0.6) is 0 Å². The molecule has 1 aliphatic rings. The Bertz CT molecular complexity index is 399. The van der Waals surface area contributed by atoms with Crippen molar-refractivity contribution in [3.63, 3.8) is 0 Å². The zero-order valence-electron chi connectivity index (χ0n) is 9.06. The molecule has 17 heavy (non-hydrogen) atoms. The highest BCUT2D eigenvalue weighted by Crippen LogP contribution is 2.50. The fourth-order valence-corrected chi connectivity index (χ4v) is 3.76. The number of hydrogen-bond acceptors (Lipinski definition) is 1. The van der Waals surface area contributed by atoms with E-state index >= 15 is 0 Å². The van der Waals surface area contributed by atoms with Crippen molar-refractivity contribution in [2.45, 2.75) is 23.9 Å². The minimum Gasteiger partial charge on any atom is -0.166 e. The number of thioether (sulfide) groups is 1. The maximum Gasteiger partial charge on any atom is 0.416 e. The number of hydrogen-bond donors (Lipinski definition) is 0. The van der Waals surface area contributed by atoms with Gasteiger partial charge in [0, 0.05) is 16.0 Å². The van der Waals surface area contributed by atoms with Gasteiger partial charge in [-0.2, -0.15) is 13.2 Å². The van der Waals surface area contributed by atoms with E-state index < -0.39 is 11.7 Å². The van der Waals surface area contributed by atoms with Gasteiger partial charge in [-0.3, -0.25) is 0 Å². The summed E-state index contributed by atoms with van der Waals surface area (Å²) >= 11 is 4.97. The quantitative estimate of drug-likeness (QED) is 0.556. The Morgan fingerprint density at radius 1 is 1.29 bits per heavy atom. The van der Waals surface area contributed by atoms with Crippen LogP contribution >= 0.6 is 27.7 Å². The number of halogens is 4. The van der Waals surface area contributed by atoms with E-state index in [-0.39, 0.29) is 0 Å². The van der Waals surface area contributed by atoms with Crippen LogP contribution < -0.4 is 0 Å². The van der Waals surface area contributed by atoms with Gasteiger partial charge in [0.25, 0.3) is 0 Å². The van der Waals surface area contributed by atoms with Crippen molar-refractivity contribution in [2.24, 2.45) is 5.41 Å². The minimum absolute atomic E-state index is 0.318. The smallest absolute Gasteiger partial charge is 0.166 e. The molecule has 2 rings (SSSR count). The van der Waals surface area contributed by atoms with Crippen LogP contribution in [-0.2, 0) is 6.18 Å². The van der Waals surface area contributed by atoms with Gasteiger partial charge in [0.15, 0.2) is 0 Å². The van der Waals surface area contributed by atoms with E-state index in [4.69, 9.17) is 0 Å². The summed E-state index contributed by atoms with van der Waals surface area (Å²) in [5.41, 5.74) is -0.245. The van der Waals surface area contributed by atoms with Gasteiger partial charge >= 0.3 is 6.18 Å². The zero-order valence-corrected chi connectivity index (χ0v) is 11.5. The Labute approximate surface area is 111 Å². The van der Waals surface area contributed by atoms with Crippen LogP contribution in [0.25, 0.3) is 0 Å². The van der Waals surface area contributed by atoms with Gasteiger partial charge in [0.2, 0.25) is 0 Å². The third-order valence-electron chi connectivity index (χ3n) is 2.95. The molecule has 5 heteroatoms. The van der Waals surface area contributed by atoms with E-state index in [9.17, 15) is 13.2 Å². The second-order valence-electron chi connectivity index (χ2n) is 4.45. The lowest BCUT2D eigenvalue weighted by molar-refractivity contribution is -0.137. The lowest BCUT2D eigenvalue weighted by atomic mass is 10.2. The Balaban J connectivity index is 2.02. The van der Waals surface area contributed by atoms with Crippen molar-refractivity contribution in [1.29, 1.82) is 0 Å². The lowest BCUT2D eigenvalue weighted by Crippen LogP contribution is -2.06. The van der Waals surface area contributed by atoms with Crippen LogP contribution in [0.3, 0.4) is 0 Å². The largest absolute Gasteiger partial charge is 0.416 e. The van der Waals surface area contributed by atoms with Crippen molar-refractivity contribution < 1.29 is 13.2 Å². The van der Waals surface area contributed by atoms with Crippen LogP contribution in [-0.4, -0.2) is 11.1 Å². The Kier molecular flexibility index (Phi) is 3.78. The topological polar surface area (TPSA) is 0 Å². The highest BCUT2D eigenvalue weighted by molar-refractivity contribution is 9.09. The molecule has 1 aliphatic carbocycles. The van der Waals surface area contributed by atoms with Crippen molar-refractivity contribution in [3.05, 3.63) is 29.8 Å². The fourth-order valence-electron chi connectivity index (χ4n) is 1.49. The molecule has 0 nitrogen and oxygen atoms in total. The zero-order chi connectivity index (χ0) is 12.5. The van der Waals surface area contributed by atoms with Crippen molar-refractivity contribution >= 4 is 27.7 Å². The Morgan fingerprint density at radius 3 is 2.53 bits per heavy atom. The molecule has 0 spiro atoms. The molecule has 0 radical (unpaired) electrons. The van der Waals surface area contributed by atoms with Crippen molar-refractivity contribution in [2.75, 3.05) is 11.1 Å². The summed E-state index contributed by atoms with van der Waals surface area (Å²) < 4.78 is 37.5. The molecule has 0 aliphatic heterocycles.